The van der Waals surface area contributed by atoms with Gasteiger partial charge >= 0.3 is 0 Å². The van der Waals surface area contributed by atoms with Crippen molar-refractivity contribution >= 4 is 39.0 Å². The molecule has 0 aliphatic heterocycles. The van der Waals surface area contributed by atoms with Crippen molar-refractivity contribution in [1.82, 2.24) is 10.3 Å². The van der Waals surface area contributed by atoms with Crippen LogP contribution in [0, 0.1) is 5.82 Å². The van der Waals surface area contributed by atoms with Gasteiger partial charge in [0, 0.05) is 21.8 Å². The van der Waals surface area contributed by atoms with Crippen molar-refractivity contribution in [2.45, 2.75) is 6.54 Å². The first-order chi connectivity index (χ1) is 9.10. The van der Waals surface area contributed by atoms with E-state index in [4.69, 9.17) is 0 Å². The Balaban J connectivity index is 2.09. The lowest BCUT2D eigenvalue weighted by molar-refractivity contribution is 0.0951. The second-order valence-electron chi connectivity index (χ2n) is 3.71. The van der Waals surface area contributed by atoms with Crippen molar-refractivity contribution in [3.05, 3.63) is 44.4 Å². The molecule has 0 saturated heterocycles. The number of thiophene rings is 1. The maximum Gasteiger partial charge on any atom is 0.255 e. The van der Waals surface area contributed by atoms with E-state index in [0.717, 1.165) is 15.5 Å². The van der Waals surface area contributed by atoms with E-state index >= 15 is 0 Å². The summed E-state index contributed by atoms with van der Waals surface area (Å²) in [7, 11) is 1.63. The molecule has 0 bridgehead atoms. The van der Waals surface area contributed by atoms with Gasteiger partial charge in [-0.25, -0.2) is 9.37 Å². The highest BCUT2D eigenvalue weighted by molar-refractivity contribution is 9.10. The van der Waals surface area contributed by atoms with Crippen LogP contribution in [0.2, 0.25) is 0 Å². The van der Waals surface area contributed by atoms with Crippen molar-refractivity contribution in [1.29, 1.82) is 0 Å². The second kappa shape index (κ2) is 6.12. The van der Waals surface area contributed by atoms with Gasteiger partial charge in [0.2, 0.25) is 0 Å². The molecule has 2 aromatic rings. The molecule has 2 rings (SSSR count). The minimum absolute atomic E-state index is 0.193. The molecule has 0 radical (unpaired) electrons. The number of nitrogens with zero attached hydrogens (tertiary/aromatic N) is 1. The van der Waals surface area contributed by atoms with Gasteiger partial charge in [-0.2, -0.15) is 0 Å². The lowest BCUT2D eigenvalue weighted by Gasteiger charge is -2.08. The van der Waals surface area contributed by atoms with Crippen LogP contribution in [-0.4, -0.2) is 17.9 Å². The molecule has 0 unspecified atom stereocenters. The molecule has 0 aliphatic rings. The molecule has 19 heavy (non-hydrogen) atoms. The lowest BCUT2D eigenvalue weighted by Crippen LogP contribution is -2.23. The first-order valence-electron chi connectivity index (χ1n) is 5.44. The van der Waals surface area contributed by atoms with Gasteiger partial charge < -0.3 is 10.6 Å². The van der Waals surface area contributed by atoms with Crippen LogP contribution in [0.1, 0.15) is 15.2 Å². The number of hydrogen-bond acceptors (Lipinski definition) is 4. The maximum atomic E-state index is 13.1. The molecule has 0 saturated carbocycles. The van der Waals surface area contributed by atoms with E-state index in [2.05, 4.69) is 31.5 Å². The molecule has 1 amide bonds. The number of hydrogen-bond donors (Lipinski definition) is 2. The molecule has 0 spiro atoms. The average Bonchev–Trinajstić information content (AvgIpc) is 2.81. The topological polar surface area (TPSA) is 54.0 Å². The zero-order chi connectivity index (χ0) is 13.8. The number of amides is 1. The van der Waals surface area contributed by atoms with Crippen molar-refractivity contribution in [3.63, 3.8) is 0 Å². The maximum absolute atomic E-state index is 13.1. The molecule has 0 aliphatic carbocycles. The van der Waals surface area contributed by atoms with E-state index in [1.807, 2.05) is 11.4 Å². The molecule has 0 atom stereocenters. The largest absolute Gasteiger partial charge is 0.372 e. The number of nitrogens with one attached hydrogen (secondary N) is 2. The third kappa shape index (κ3) is 3.51. The highest BCUT2D eigenvalue weighted by Crippen LogP contribution is 2.20. The molecular formula is C12H11BrFN3OS. The van der Waals surface area contributed by atoms with Crippen LogP contribution >= 0.6 is 27.3 Å². The molecule has 100 valence electrons. The second-order valence-corrected chi connectivity index (χ2v) is 5.63. The Morgan fingerprint density at radius 3 is 2.95 bits per heavy atom. The summed E-state index contributed by atoms with van der Waals surface area (Å²) in [5.41, 5.74) is 0.193. The Kier molecular flexibility index (Phi) is 4.49. The Bertz CT molecular complexity index is 602. The molecule has 0 aromatic carbocycles. The number of rotatable bonds is 4. The fraction of sp³-hybridized carbons (Fsp3) is 0.167. The van der Waals surface area contributed by atoms with Crippen LogP contribution in [0.3, 0.4) is 0 Å². The van der Waals surface area contributed by atoms with Gasteiger partial charge in [0.05, 0.1) is 18.3 Å². The smallest absolute Gasteiger partial charge is 0.255 e. The summed E-state index contributed by atoms with van der Waals surface area (Å²) >= 11 is 4.88. The number of pyridine rings is 1. The summed E-state index contributed by atoms with van der Waals surface area (Å²) in [6.07, 6.45) is 1.07. The Labute approximate surface area is 122 Å². The van der Waals surface area contributed by atoms with Gasteiger partial charge in [-0.3, -0.25) is 4.79 Å². The van der Waals surface area contributed by atoms with E-state index in [0.29, 0.717) is 12.4 Å². The van der Waals surface area contributed by atoms with E-state index in [9.17, 15) is 9.18 Å². The first-order valence-corrected chi connectivity index (χ1v) is 7.12. The normalized spacial score (nSPS) is 10.3. The van der Waals surface area contributed by atoms with Crippen LogP contribution < -0.4 is 10.6 Å². The number of carbonyl (C=O) groups excluding carboxylic acids is 1. The molecule has 2 N–H and O–H groups in total. The van der Waals surface area contributed by atoms with Crippen LogP contribution in [0.4, 0.5) is 10.2 Å². The SMILES string of the molecule is CNc1ncc(F)cc1C(=O)NCc1cc(Br)cs1. The predicted octanol–water partition coefficient (Wildman–Crippen LogP) is 3.02. The molecule has 2 heterocycles. The van der Waals surface area contributed by atoms with E-state index in [-0.39, 0.29) is 11.5 Å². The third-order valence-electron chi connectivity index (χ3n) is 2.38. The Morgan fingerprint density at radius 1 is 1.53 bits per heavy atom. The summed E-state index contributed by atoms with van der Waals surface area (Å²) in [6, 6.07) is 3.09. The van der Waals surface area contributed by atoms with Crippen LogP contribution in [0.25, 0.3) is 0 Å². The predicted molar refractivity (Wildman–Crippen MR) is 76.9 cm³/mol. The number of carbonyl (C=O) groups is 1. The molecule has 4 nitrogen and oxygen atoms in total. The van der Waals surface area contributed by atoms with Crippen molar-refractivity contribution in [3.8, 4) is 0 Å². The number of anilines is 1. The average molecular weight is 344 g/mol. The van der Waals surface area contributed by atoms with Crippen molar-refractivity contribution in [2.75, 3.05) is 12.4 Å². The monoisotopic (exact) mass is 343 g/mol. The van der Waals surface area contributed by atoms with Gasteiger partial charge in [-0.1, -0.05) is 0 Å². The number of halogens is 2. The summed E-state index contributed by atoms with van der Waals surface area (Å²) in [6.45, 7) is 0.398. The standard InChI is InChI=1S/C12H11BrFN3OS/c1-15-11-10(3-8(14)4-16-11)12(18)17-5-9-2-7(13)6-19-9/h2-4,6H,5H2,1H3,(H,15,16)(H,17,18). The summed E-state index contributed by atoms with van der Waals surface area (Å²) < 4.78 is 14.1. The van der Waals surface area contributed by atoms with Gasteiger partial charge in [0.15, 0.2) is 0 Å². The highest BCUT2D eigenvalue weighted by Gasteiger charge is 2.13. The fourth-order valence-electron chi connectivity index (χ4n) is 1.52. The van der Waals surface area contributed by atoms with Crippen LogP contribution in [0.15, 0.2) is 28.2 Å². The van der Waals surface area contributed by atoms with Crippen molar-refractivity contribution < 1.29 is 9.18 Å². The van der Waals surface area contributed by atoms with Gasteiger partial charge in [0.25, 0.3) is 5.91 Å². The molecule has 7 heteroatoms. The first kappa shape index (κ1) is 14.0. The summed E-state index contributed by atoms with van der Waals surface area (Å²) in [5, 5.41) is 7.43. The minimum Gasteiger partial charge on any atom is -0.372 e. The van der Waals surface area contributed by atoms with Gasteiger partial charge in [0.1, 0.15) is 11.6 Å². The third-order valence-corrected chi connectivity index (χ3v) is 4.08. The zero-order valence-corrected chi connectivity index (χ0v) is 12.4. The fourth-order valence-corrected chi connectivity index (χ4v) is 2.91. The number of aromatic nitrogens is 1. The van der Waals surface area contributed by atoms with Gasteiger partial charge in [-0.15, -0.1) is 11.3 Å². The minimum atomic E-state index is -0.539. The molecule has 0 fully saturated rings. The van der Waals surface area contributed by atoms with Crippen molar-refractivity contribution in [2.24, 2.45) is 0 Å². The summed E-state index contributed by atoms with van der Waals surface area (Å²) in [4.78, 5) is 16.8. The zero-order valence-electron chi connectivity index (χ0n) is 10.0. The quantitative estimate of drug-likeness (QED) is 0.897. The Hall–Kier alpha value is -1.47. The lowest BCUT2D eigenvalue weighted by atomic mass is 10.2. The van der Waals surface area contributed by atoms with Gasteiger partial charge in [-0.05, 0) is 28.1 Å². The Morgan fingerprint density at radius 2 is 2.32 bits per heavy atom. The molecular weight excluding hydrogens is 333 g/mol. The van der Waals surface area contributed by atoms with E-state index in [1.165, 1.54) is 17.4 Å². The highest BCUT2D eigenvalue weighted by atomic mass is 79.9. The molecule has 2 aromatic heterocycles. The van der Waals surface area contributed by atoms with E-state index in [1.54, 1.807) is 7.05 Å². The summed E-state index contributed by atoms with van der Waals surface area (Å²) in [5.74, 6) is -0.546. The van der Waals surface area contributed by atoms with Crippen LogP contribution in [-0.2, 0) is 6.54 Å². The van der Waals surface area contributed by atoms with E-state index < -0.39 is 5.82 Å². The van der Waals surface area contributed by atoms with Crippen LogP contribution in [0.5, 0.6) is 0 Å².